The number of halogens is 1. The first-order valence-corrected chi connectivity index (χ1v) is 6.80. The summed E-state index contributed by atoms with van der Waals surface area (Å²) in [7, 11) is 0. The molecule has 2 rings (SSSR count). The van der Waals surface area contributed by atoms with Gasteiger partial charge in [-0.25, -0.2) is 0 Å². The van der Waals surface area contributed by atoms with Gasteiger partial charge in [-0.1, -0.05) is 42.5 Å². The lowest BCUT2D eigenvalue weighted by atomic mass is 10.1. The number of nitrogens with one attached hydrogen (secondary N) is 1. The van der Waals surface area contributed by atoms with Crippen LogP contribution in [-0.4, -0.2) is 12.5 Å². The molecule has 0 aromatic heterocycles. The third kappa shape index (κ3) is 4.11. The van der Waals surface area contributed by atoms with Gasteiger partial charge in [0.15, 0.2) is 0 Å². The highest BCUT2D eigenvalue weighted by Crippen LogP contribution is 2.07. The second-order valence-corrected chi connectivity index (χ2v) is 4.59. The lowest BCUT2D eigenvalue weighted by Gasteiger charge is -2.06. The van der Waals surface area contributed by atoms with Gasteiger partial charge in [-0.2, -0.15) is 0 Å². The fourth-order valence-electron chi connectivity index (χ4n) is 1.86. The van der Waals surface area contributed by atoms with Gasteiger partial charge in [0.1, 0.15) is 0 Å². The lowest BCUT2D eigenvalue weighted by molar-refractivity contribution is 0.0954. The van der Waals surface area contributed by atoms with Crippen molar-refractivity contribution in [2.24, 2.45) is 0 Å². The molecule has 0 spiro atoms. The van der Waals surface area contributed by atoms with Gasteiger partial charge >= 0.3 is 0 Å². The molecule has 98 valence electrons. The molecule has 0 heterocycles. The van der Waals surface area contributed by atoms with Crippen molar-refractivity contribution in [1.29, 1.82) is 0 Å². The van der Waals surface area contributed by atoms with Crippen molar-refractivity contribution in [3.05, 3.63) is 71.3 Å². The molecule has 19 heavy (non-hydrogen) atoms. The Morgan fingerprint density at radius 1 is 1.00 bits per heavy atom. The fraction of sp³-hybridized carbons (Fsp3) is 0.188. The van der Waals surface area contributed by atoms with E-state index in [4.69, 9.17) is 11.6 Å². The predicted octanol–water partition coefficient (Wildman–Crippen LogP) is 3.40. The highest BCUT2D eigenvalue weighted by atomic mass is 35.5. The SMILES string of the molecule is O=C(NCCc1ccccc1)c1cccc(CCl)c1. The van der Waals surface area contributed by atoms with Crippen molar-refractivity contribution in [2.75, 3.05) is 6.54 Å². The molecule has 1 amide bonds. The van der Waals surface area contributed by atoms with E-state index in [1.807, 2.05) is 36.4 Å². The average Bonchev–Trinajstić information content (AvgIpc) is 2.48. The summed E-state index contributed by atoms with van der Waals surface area (Å²) in [6.45, 7) is 0.633. The Morgan fingerprint density at radius 3 is 2.47 bits per heavy atom. The topological polar surface area (TPSA) is 29.1 Å². The zero-order valence-corrected chi connectivity index (χ0v) is 11.4. The van der Waals surface area contributed by atoms with Crippen molar-refractivity contribution in [1.82, 2.24) is 5.32 Å². The molecule has 0 saturated carbocycles. The number of hydrogen-bond acceptors (Lipinski definition) is 1. The molecule has 2 aromatic carbocycles. The average molecular weight is 274 g/mol. The summed E-state index contributed by atoms with van der Waals surface area (Å²) in [6, 6.07) is 17.5. The van der Waals surface area contributed by atoms with Crippen LogP contribution in [-0.2, 0) is 12.3 Å². The van der Waals surface area contributed by atoms with Crippen molar-refractivity contribution in [3.63, 3.8) is 0 Å². The van der Waals surface area contributed by atoms with E-state index in [0.717, 1.165) is 12.0 Å². The van der Waals surface area contributed by atoms with Gasteiger partial charge in [0, 0.05) is 18.0 Å². The maximum absolute atomic E-state index is 11.9. The largest absolute Gasteiger partial charge is 0.352 e. The van der Waals surface area contributed by atoms with Crippen LogP contribution in [0.1, 0.15) is 21.5 Å². The van der Waals surface area contributed by atoms with Crippen molar-refractivity contribution >= 4 is 17.5 Å². The number of carbonyl (C=O) groups excluding carboxylic acids is 1. The monoisotopic (exact) mass is 273 g/mol. The van der Waals surface area contributed by atoms with Gasteiger partial charge in [0.05, 0.1) is 0 Å². The van der Waals surface area contributed by atoms with E-state index in [0.29, 0.717) is 18.0 Å². The van der Waals surface area contributed by atoms with Crippen LogP contribution < -0.4 is 5.32 Å². The first kappa shape index (κ1) is 13.6. The van der Waals surface area contributed by atoms with Crippen LogP contribution in [0.2, 0.25) is 0 Å². The number of benzene rings is 2. The molecule has 0 bridgehead atoms. The number of carbonyl (C=O) groups is 1. The van der Waals surface area contributed by atoms with Crippen molar-refractivity contribution in [3.8, 4) is 0 Å². The second-order valence-electron chi connectivity index (χ2n) is 4.33. The van der Waals surface area contributed by atoms with E-state index in [1.165, 1.54) is 5.56 Å². The van der Waals surface area contributed by atoms with Gasteiger partial charge in [-0.3, -0.25) is 4.79 Å². The van der Waals surface area contributed by atoms with Crippen LogP contribution in [0.15, 0.2) is 54.6 Å². The fourth-order valence-corrected chi connectivity index (χ4v) is 2.03. The third-order valence-electron chi connectivity index (χ3n) is 2.89. The Labute approximate surface area is 118 Å². The van der Waals surface area contributed by atoms with Crippen LogP contribution >= 0.6 is 11.6 Å². The summed E-state index contributed by atoms with van der Waals surface area (Å²) in [4.78, 5) is 11.9. The van der Waals surface area contributed by atoms with Crippen molar-refractivity contribution in [2.45, 2.75) is 12.3 Å². The van der Waals surface area contributed by atoms with Crippen LogP contribution in [0.3, 0.4) is 0 Å². The van der Waals surface area contributed by atoms with Crippen LogP contribution in [0.25, 0.3) is 0 Å². The molecule has 1 N–H and O–H groups in total. The standard InChI is InChI=1S/C16H16ClNO/c17-12-14-7-4-8-15(11-14)16(19)18-10-9-13-5-2-1-3-6-13/h1-8,11H,9-10,12H2,(H,18,19). The molecule has 0 atom stereocenters. The molecule has 0 unspecified atom stereocenters. The Hall–Kier alpha value is -1.80. The molecule has 0 saturated heterocycles. The van der Waals surface area contributed by atoms with E-state index < -0.39 is 0 Å². The quantitative estimate of drug-likeness (QED) is 0.831. The summed E-state index contributed by atoms with van der Waals surface area (Å²) >= 11 is 5.76. The highest BCUT2D eigenvalue weighted by Gasteiger charge is 2.05. The van der Waals surface area contributed by atoms with E-state index >= 15 is 0 Å². The highest BCUT2D eigenvalue weighted by molar-refractivity contribution is 6.17. The number of hydrogen-bond donors (Lipinski definition) is 1. The van der Waals surface area contributed by atoms with E-state index in [1.54, 1.807) is 6.07 Å². The van der Waals surface area contributed by atoms with Crippen LogP contribution in [0, 0.1) is 0 Å². The molecule has 0 radical (unpaired) electrons. The smallest absolute Gasteiger partial charge is 0.251 e. The van der Waals surface area contributed by atoms with Gasteiger partial charge in [-0.15, -0.1) is 11.6 Å². The minimum Gasteiger partial charge on any atom is -0.352 e. The van der Waals surface area contributed by atoms with Crippen LogP contribution in [0.5, 0.6) is 0 Å². The maximum atomic E-state index is 11.9. The van der Waals surface area contributed by atoms with Gasteiger partial charge in [0.25, 0.3) is 5.91 Å². The summed E-state index contributed by atoms with van der Waals surface area (Å²) in [5.74, 6) is 0.369. The predicted molar refractivity (Wildman–Crippen MR) is 78.5 cm³/mol. The van der Waals surface area contributed by atoms with E-state index in [9.17, 15) is 4.79 Å². The number of alkyl halides is 1. The first-order chi connectivity index (χ1) is 9.29. The normalized spacial score (nSPS) is 10.2. The molecule has 2 nitrogen and oxygen atoms in total. The molecule has 2 aromatic rings. The Balaban J connectivity index is 1.87. The third-order valence-corrected chi connectivity index (χ3v) is 3.19. The van der Waals surface area contributed by atoms with E-state index in [-0.39, 0.29) is 5.91 Å². The summed E-state index contributed by atoms with van der Waals surface area (Å²) in [6.07, 6.45) is 0.835. The van der Waals surface area contributed by atoms with E-state index in [2.05, 4.69) is 17.4 Å². The van der Waals surface area contributed by atoms with Crippen LogP contribution in [0.4, 0.5) is 0 Å². The van der Waals surface area contributed by atoms with Gasteiger partial charge < -0.3 is 5.32 Å². The molecular formula is C16H16ClNO. The van der Waals surface area contributed by atoms with Crippen molar-refractivity contribution < 1.29 is 4.79 Å². The maximum Gasteiger partial charge on any atom is 0.251 e. The summed E-state index contributed by atoms with van der Waals surface area (Å²) < 4.78 is 0. The zero-order chi connectivity index (χ0) is 13.5. The molecule has 0 aliphatic rings. The molecule has 3 heteroatoms. The first-order valence-electron chi connectivity index (χ1n) is 6.26. The Kier molecular flexibility index (Phi) is 4.99. The lowest BCUT2D eigenvalue weighted by Crippen LogP contribution is -2.25. The molecular weight excluding hydrogens is 258 g/mol. The summed E-state index contributed by atoms with van der Waals surface area (Å²) in [5.41, 5.74) is 2.83. The zero-order valence-electron chi connectivity index (χ0n) is 10.6. The Morgan fingerprint density at radius 2 is 1.74 bits per heavy atom. The number of amides is 1. The number of rotatable bonds is 5. The molecule has 0 aliphatic heterocycles. The second kappa shape index (κ2) is 6.95. The van der Waals surface area contributed by atoms with Gasteiger partial charge in [-0.05, 0) is 29.7 Å². The minimum absolute atomic E-state index is 0.0529. The Bertz CT molecular complexity index is 539. The molecule has 0 fully saturated rings. The molecule has 0 aliphatic carbocycles. The minimum atomic E-state index is -0.0529. The van der Waals surface area contributed by atoms with Gasteiger partial charge in [0.2, 0.25) is 0 Å². The summed E-state index contributed by atoms with van der Waals surface area (Å²) in [5, 5.41) is 2.92.